The first-order valence-corrected chi connectivity index (χ1v) is 2.55. The Morgan fingerprint density at radius 3 is 2.56 bits per heavy atom. The minimum Gasteiger partial charge on any atom is -0.398 e. The smallest absolute Gasteiger partial charge is 0.302 e. The zero-order chi connectivity index (χ0) is 6.85. The maximum atomic E-state index is 10.7. The molecular formula is C5H8N2O2. The lowest BCUT2D eigenvalue weighted by molar-refractivity contribution is 0.0984. The van der Waals surface area contributed by atoms with E-state index >= 15 is 0 Å². The van der Waals surface area contributed by atoms with E-state index in [2.05, 4.69) is 4.84 Å². The monoisotopic (exact) mass is 128 g/mol. The van der Waals surface area contributed by atoms with Crippen LogP contribution in [0.2, 0.25) is 0 Å². The van der Waals surface area contributed by atoms with Crippen molar-refractivity contribution in [3.8, 4) is 0 Å². The molecule has 0 aliphatic heterocycles. The molecule has 1 rings (SSSR count). The van der Waals surface area contributed by atoms with Crippen LogP contribution in [0.25, 0.3) is 0 Å². The molecule has 0 saturated heterocycles. The summed E-state index contributed by atoms with van der Waals surface area (Å²) < 4.78 is 1.56. The molecule has 0 unspecified atom stereocenters. The van der Waals surface area contributed by atoms with Crippen LogP contribution in [-0.4, -0.2) is 16.6 Å². The van der Waals surface area contributed by atoms with E-state index in [9.17, 15) is 4.79 Å². The molecule has 0 bridgehead atoms. The van der Waals surface area contributed by atoms with Gasteiger partial charge in [0.25, 0.3) is 0 Å². The number of hydrogen-bond acceptors (Lipinski definition) is 2. The number of hydrogen-bond donors (Lipinski definition) is 0. The van der Waals surface area contributed by atoms with E-state index in [1.54, 1.807) is 17.9 Å². The Morgan fingerprint density at radius 2 is 2.33 bits per heavy atom. The molecule has 1 aromatic rings. The Bertz CT molecular complexity index is 248. The maximum Gasteiger partial charge on any atom is 0.302 e. The van der Waals surface area contributed by atoms with Crippen molar-refractivity contribution in [2.75, 3.05) is 7.11 Å². The Balaban J connectivity index is 3.23. The summed E-state index contributed by atoms with van der Waals surface area (Å²) in [5.41, 5.74) is -0.153. The second kappa shape index (κ2) is 1.97. The molecule has 0 saturated carbocycles. The van der Waals surface area contributed by atoms with Crippen LogP contribution in [-0.2, 0) is 7.05 Å². The topological polar surface area (TPSA) is 36.2 Å². The van der Waals surface area contributed by atoms with Crippen LogP contribution in [0.1, 0.15) is 0 Å². The Morgan fingerprint density at radius 1 is 1.67 bits per heavy atom. The van der Waals surface area contributed by atoms with Gasteiger partial charge < -0.3 is 4.84 Å². The van der Waals surface area contributed by atoms with Crippen LogP contribution >= 0.6 is 0 Å². The van der Waals surface area contributed by atoms with Gasteiger partial charge in [0, 0.05) is 19.3 Å². The van der Waals surface area contributed by atoms with Crippen molar-refractivity contribution in [1.82, 2.24) is 9.53 Å². The van der Waals surface area contributed by atoms with Crippen molar-refractivity contribution in [1.29, 1.82) is 0 Å². The molecular weight excluding hydrogens is 120 g/mol. The first-order chi connectivity index (χ1) is 4.25. The van der Waals surface area contributed by atoms with Crippen molar-refractivity contribution in [2.24, 2.45) is 7.05 Å². The highest BCUT2D eigenvalue weighted by molar-refractivity contribution is 4.80. The van der Waals surface area contributed by atoms with Crippen LogP contribution in [0.3, 0.4) is 0 Å². The molecule has 4 nitrogen and oxygen atoms in total. The number of aryl methyl sites for hydroxylation is 1. The molecule has 0 radical (unpaired) electrons. The fraction of sp³-hybridized carbons (Fsp3) is 0.400. The Hall–Kier alpha value is -1.19. The third kappa shape index (κ3) is 0.826. The standard InChI is InChI=1S/C5H8N2O2/c1-6-4-3-5(8)7(6)9-2/h3-4H,1-2H3. The highest BCUT2D eigenvalue weighted by atomic mass is 16.7. The third-order valence-electron chi connectivity index (χ3n) is 1.08. The zero-order valence-corrected chi connectivity index (χ0v) is 5.37. The molecule has 1 heterocycles. The molecule has 0 aromatic carbocycles. The van der Waals surface area contributed by atoms with Gasteiger partial charge in [0.2, 0.25) is 0 Å². The molecule has 0 aliphatic carbocycles. The molecule has 0 aliphatic rings. The summed E-state index contributed by atoms with van der Waals surface area (Å²) >= 11 is 0. The van der Waals surface area contributed by atoms with Gasteiger partial charge in [-0.2, -0.15) is 0 Å². The lowest BCUT2D eigenvalue weighted by Crippen LogP contribution is -2.25. The van der Waals surface area contributed by atoms with Gasteiger partial charge >= 0.3 is 5.56 Å². The van der Waals surface area contributed by atoms with E-state index in [1.165, 1.54) is 13.2 Å². The minimum atomic E-state index is -0.153. The highest BCUT2D eigenvalue weighted by Gasteiger charge is 1.94. The molecule has 4 heteroatoms. The average Bonchev–Trinajstić information content (AvgIpc) is 2.12. The Labute approximate surface area is 52.2 Å². The summed E-state index contributed by atoms with van der Waals surface area (Å²) in [5, 5.41) is 0. The van der Waals surface area contributed by atoms with Gasteiger partial charge in [0.1, 0.15) is 7.11 Å². The van der Waals surface area contributed by atoms with Gasteiger partial charge in [0.05, 0.1) is 0 Å². The zero-order valence-electron chi connectivity index (χ0n) is 5.37. The normalized spacial score (nSPS) is 9.56. The summed E-state index contributed by atoms with van der Waals surface area (Å²) in [5.74, 6) is 0. The summed E-state index contributed by atoms with van der Waals surface area (Å²) in [6, 6.07) is 1.43. The first kappa shape index (κ1) is 5.94. The van der Waals surface area contributed by atoms with Crippen LogP contribution in [0.5, 0.6) is 0 Å². The van der Waals surface area contributed by atoms with Gasteiger partial charge in [0.15, 0.2) is 0 Å². The molecule has 0 spiro atoms. The largest absolute Gasteiger partial charge is 0.398 e. The molecule has 50 valence electrons. The SMILES string of the molecule is COn1c(=O)ccn1C. The minimum absolute atomic E-state index is 0.153. The van der Waals surface area contributed by atoms with Gasteiger partial charge in [-0.15, -0.1) is 0 Å². The summed E-state index contributed by atoms with van der Waals surface area (Å²) in [4.78, 5) is 16.5. The molecule has 0 atom stereocenters. The van der Waals surface area contributed by atoms with E-state index in [0.29, 0.717) is 0 Å². The quantitative estimate of drug-likeness (QED) is 0.498. The number of rotatable bonds is 1. The van der Waals surface area contributed by atoms with Gasteiger partial charge in [-0.1, -0.05) is 4.85 Å². The molecule has 9 heavy (non-hydrogen) atoms. The van der Waals surface area contributed by atoms with E-state index in [1.807, 2.05) is 0 Å². The van der Waals surface area contributed by atoms with Gasteiger partial charge in [-0.25, -0.2) is 0 Å². The van der Waals surface area contributed by atoms with Crippen molar-refractivity contribution in [3.05, 3.63) is 22.6 Å². The fourth-order valence-corrected chi connectivity index (χ4v) is 0.670. The van der Waals surface area contributed by atoms with E-state index in [0.717, 1.165) is 4.85 Å². The van der Waals surface area contributed by atoms with Crippen molar-refractivity contribution < 1.29 is 4.84 Å². The highest BCUT2D eigenvalue weighted by Crippen LogP contribution is 1.74. The van der Waals surface area contributed by atoms with Crippen LogP contribution in [0.4, 0.5) is 0 Å². The van der Waals surface area contributed by atoms with E-state index in [-0.39, 0.29) is 5.56 Å². The fourth-order valence-electron chi connectivity index (χ4n) is 0.670. The summed E-state index contributed by atoms with van der Waals surface area (Å²) in [6.45, 7) is 0. The van der Waals surface area contributed by atoms with Crippen LogP contribution in [0.15, 0.2) is 17.1 Å². The van der Waals surface area contributed by atoms with Crippen LogP contribution < -0.4 is 10.4 Å². The number of aromatic nitrogens is 2. The number of nitrogens with zero attached hydrogens (tertiary/aromatic N) is 2. The first-order valence-electron chi connectivity index (χ1n) is 2.55. The summed E-state index contributed by atoms with van der Waals surface area (Å²) in [6.07, 6.45) is 1.63. The molecule has 0 N–H and O–H groups in total. The predicted molar refractivity (Wildman–Crippen MR) is 32.2 cm³/mol. The van der Waals surface area contributed by atoms with Crippen LogP contribution in [0, 0.1) is 0 Å². The second-order valence-electron chi connectivity index (χ2n) is 1.68. The second-order valence-corrected chi connectivity index (χ2v) is 1.68. The third-order valence-corrected chi connectivity index (χ3v) is 1.08. The molecule has 0 fully saturated rings. The van der Waals surface area contributed by atoms with Gasteiger partial charge in [-0.3, -0.25) is 9.48 Å². The van der Waals surface area contributed by atoms with Crippen molar-refractivity contribution >= 4 is 0 Å². The average molecular weight is 128 g/mol. The Kier molecular flexibility index (Phi) is 1.30. The predicted octanol–water partition coefficient (Wildman–Crippen LogP) is -0.755. The van der Waals surface area contributed by atoms with Crippen molar-refractivity contribution in [2.45, 2.75) is 0 Å². The lowest BCUT2D eigenvalue weighted by atomic mass is 10.7. The van der Waals surface area contributed by atoms with E-state index in [4.69, 9.17) is 0 Å². The maximum absolute atomic E-state index is 10.7. The van der Waals surface area contributed by atoms with Gasteiger partial charge in [-0.05, 0) is 0 Å². The van der Waals surface area contributed by atoms with Crippen molar-refractivity contribution in [3.63, 3.8) is 0 Å². The lowest BCUT2D eigenvalue weighted by Gasteiger charge is -2.01. The molecule has 0 amide bonds. The summed E-state index contributed by atoms with van der Waals surface area (Å²) in [7, 11) is 3.17. The van der Waals surface area contributed by atoms with E-state index < -0.39 is 0 Å². The molecule has 1 aromatic heterocycles.